The van der Waals surface area contributed by atoms with Gasteiger partial charge < -0.3 is 14.6 Å². The number of hydrogen-bond acceptors (Lipinski definition) is 5. The molecule has 6 nitrogen and oxygen atoms in total. The summed E-state index contributed by atoms with van der Waals surface area (Å²) in [6.45, 7) is 3.84. The maximum absolute atomic E-state index is 12.8. The van der Waals surface area contributed by atoms with Crippen LogP contribution < -0.4 is 10.2 Å². The van der Waals surface area contributed by atoms with E-state index in [1.807, 2.05) is 61.5 Å². The number of anilines is 1. The molecule has 1 aliphatic rings. The molecule has 1 fully saturated rings. The van der Waals surface area contributed by atoms with E-state index >= 15 is 0 Å². The topological polar surface area (TPSA) is 71.3 Å². The van der Waals surface area contributed by atoms with Crippen LogP contribution in [0.1, 0.15) is 52.7 Å². The van der Waals surface area contributed by atoms with Gasteiger partial charge in [-0.2, -0.15) is 0 Å². The lowest BCUT2D eigenvalue weighted by Crippen LogP contribution is -2.30. The lowest BCUT2D eigenvalue weighted by atomic mass is 10.1. The third-order valence-corrected chi connectivity index (χ3v) is 5.03. The number of piperidine rings is 1. The minimum atomic E-state index is -0.499. The normalized spacial score (nSPS) is 15.2. The molecule has 1 N–H and O–H groups in total. The molecule has 0 radical (unpaired) electrons. The molecule has 3 aromatic rings. The minimum absolute atomic E-state index is 0.174. The molecule has 1 atom stereocenters. The number of carbonyl (C=O) groups is 1. The second-order valence-electron chi connectivity index (χ2n) is 7.15. The number of rotatable bonds is 5. The lowest BCUT2D eigenvalue weighted by molar-refractivity contribution is 0.0938. The van der Waals surface area contributed by atoms with Gasteiger partial charge in [0.25, 0.3) is 5.91 Å². The second-order valence-corrected chi connectivity index (χ2v) is 7.15. The Kier molecular flexibility index (Phi) is 5.37. The van der Waals surface area contributed by atoms with Crippen LogP contribution >= 0.6 is 0 Å². The van der Waals surface area contributed by atoms with Crippen molar-refractivity contribution in [2.75, 3.05) is 18.0 Å². The van der Waals surface area contributed by atoms with Gasteiger partial charge in [-0.25, -0.2) is 0 Å². The first-order chi connectivity index (χ1) is 13.7. The summed E-state index contributed by atoms with van der Waals surface area (Å²) < 4.78 is 5.98. The first-order valence-electron chi connectivity index (χ1n) is 9.71. The predicted octanol–water partition coefficient (Wildman–Crippen LogP) is 3.89. The van der Waals surface area contributed by atoms with Crippen LogP contribution in [-0.2, 0) is 0 Å². The number of hydrogen-bond donors (Lipinski definition) is 1. The zero-order chi connectivity index (χ0) is 19.3. The molecule has 0 saturated carbocycles. The van der Waals surface area contributed by atoms with E-state index in [1.54, 1.807) is 0 Å². The van der Waals surface area contributed by atoms with Crippen LogP contribution in [0.2, 0.25) is 0 Å². The largest absolute Gasteiger partial charge is 0.405 e. The van der Waals surface area contributed by atoms with Gasteiger partial charge in [0.15, 0.2) is 0 Å². The Labute approximate surface area is 164 Å². The van der Waals surface area contributed by atoms with Crippen LogP contribution in [0.3, 0.4) is 0 Å². The summed E-state index contributed by atoms with van der Waals surface area (Å²) in [6.07, 6.45) is 3.49. The van der Waals surface area contributed by atoms with E-state index in [2.05, 4.69) is 20.4 Å². The van der Waals surface area contributed by atoms with E-state index < -0.39 is 6.04 Å². The number of aryl methyl sites for hydroxylation is 1. The molecule has 28 heavy (non-hydrogen) atoms. The first-order valence-corrected chi connectivity index (χ1v) is 9.71. The zero-order valence-electron chi connectivity index (χ0n) is 16.0. The molecule has 0 unspecified atom stereocenters. The summed E-state index contributed by atoms with van der Waals surface area (Å²) in [4.78, 5) is 14.9. The first kappa shape index (κ1) is 18.2. The van der Waals surface area contributed by atoms with E-state index in [0.29, 0.717) is 17.5 Å². The Morgan fingerprint density at radius 1 is 1.00 bits per heavy atom. The van der Waals surface area contributed by atoms with Gasteiger partial charge in [-0.3, -0.25) is 4.79 Å². The van der Waals surface area contributed by atoms with E-state index in [0.717, 1.165) is 37.1 Å². The van der Waals surface area contributed by atoms with Crippen LogP contribution in [0.25, 0.3) is 0 Å². The van der Waals surface area contributed by atoms with Gasteiger partial charge in [-0.1, -0.05) is 53.1 Å². The maximum Gasteiger partial charge on any atom is 0.318 e. The van der Waals surface area contributed by atoms with Crippen LogP contribution in [0, 0.1) is 6.92 Å². The summed E-state index contributed by atoms with van der Waals surface area (Å²) in [5, 5.41) is 11.5. The average Bonchev–Trinajstić information content (AvgIpc) is 3.23. The predicted molar refractivity (Wildman–Crippen MR) is 107 cm³/mol. The molecule has 4 rings (SSSR count). The summed E-state index contributed by atoms with van der Waals surface area (Å²) in [7, 11) is 0. The quantitative estimate of drug-likeness (QED) is 0.731. The number of aromatic nitrogens is 2. The van der Waals surface area contributed by atoms with Crippen LogP contribution in [-0.4, -0.2) is 29.2 Å². The van der Waals surface area contributed by atoms with Crippen LogP contribution in [0.4, 0.5) is 6.01 Å². The molecule has 1 aliphatic heterocycles. The molecule has 1 aromatic heterocycles. The van der Waals surface area contributed by atoms with Crippen molar-refractivity contribution in [2.24, 2.45) is 0 Å². The molecule has 1 saturated heterocycles. The molecule has 2 aromatic carbocycles. The van der Waals surface area contributed by atoms with Gasteiger partial charge in [0.2, 0.25) is 5.89 Å². The van der Waals surface area contributed by atoms with Crippen molar-refractivity contribution in [2.45, 2.75) is 32.2 Å². The molecule has 6 heteroatoms. The Balaban J connectivity index is 1.60. The molecular weight excluding hydrogens is 352 g/mol. The van der Waals surface area contributed by atoms with Gasteiger partial charge in [0, 0.05) is 18.7 Å². The van der Waals surface area contributed by atoms with Gasteiger partial charge in [-0.05, 0) is 43.9 Å². The Hall–Kier alpha value is -3.15. The molecule has 0 aliphatic carbocycles. The minimum Gasteiger partial charge on any atom is -0.405 e. The van der Waals surface area contributed by atoms with Crippen molar-refractivity contribution >= 4 is 11.9 Å². The highest BCUT2D eigenvalue weighted by Crippen LogP contribution is 2.25. The molecule has 0 bridgehead atoms. The summed E-state index contributed by atoms with van der Waals surface area (Å²) in [5.41, 5.74) is 2.61. The van der Waals surface area contributed by atoms with Crippen molar-refractivity contribution in [3.05, 3.63) is 77.2 Å². The molecule has 1 amide bonds. The summed E-state index contributed by atoms with van der Waals surface area (Å²) in [5.74, 6) is 0.221. The number of amides is 1. The van der Waals surface area contributed by atoms with Gasteiger partial charge >= 0.3 is 6.01 Å². The highest BCUT2D eigenvalue weighted by molar-refractivity contribution is 5.94. The highest BCUT2D eigenvalue weighted by Gasteiger charge is 2.25. The molecule has 144 valence electrons. The number of carbonyl (C=O) groups excluding carboxylic acids is 1. The molecule has 2 heterocycles. The standard InChI is InChI=1S/C22H24N4O2/c1-16-10-12-18(13-11-16)20(27)23-19(17-8-4-2-5-9-17)21-24-25-22(28-21)26-14-6-3-7-15-26/h2,4-5,8-13,19H,3,6-7,14-15H2,1H3,(H,23,27)/t19-/m0/s1. The van der Waals surface area contributed by atoms with E-state index in [9.17, 15) is 4.79 Å². The fourth-order valence-corrected chi connectivity index (χ4v) is 3.41. The lowest BCUT2D eigenvalue weighted by Gasteiger charge is -2.24. The third-order valence-electron chi connectivity index (χ3n) is 5.03. The highest BCUT2D eigenvalue weighted by atomic mass is 16.4. The number of nitrogens with one attached hydrogen (secondary N) is 1. The van der Waals surface area contributed by atoms with Crippen molar-refractivity contribution in [1.29, 1.82) is 0 Å². The Morgan fingerprint density at radius 3 is 2.43 bits per heavy atom. The van der Waals surface area contributed by atoms with Crippen molar-refractivity contribution in [1.82, 2.24) is 15.5 Å². The van der Waals surface area contributed by atoms with Crippen LogP contribution in [0.5, 0.6) is 0 Å². The Morgan fingerprint density at radius 2 is 1.71 bits per heavy atom. The second kappa shape index (κ2) is 8.25. The monoisotopic (exact) mass is 376 g/mol. The Bertz CT molecular complexity index is 915. The van der Waals surface area contributed by atoms with Crippen LogP contribution in [0.15, 0.2) is 59.0 Å². The zero-order valence-corrected chi connectivity index (χ0v) is 16.0. The SMILES string of the molecule is Cc1ccc(C(=O)N[C@@H](c2ccccc2)c2nnc(N3CCCCC3)o2)cc1. The number of nitrogens with zero attached hydrogens (tertiary/aromatic N) is 3. The van der Waals surface area contributed by atoms with E-state index in [-0.39, 0.29) is 5.91 Å². The smallest absolute Gasteiger partial charge is 0.318 e. The average molecular weight is 376 g/mol. The summed E-state index contributed by atoms with van der Waals surface area (Å²) >= 11 is 0. The third kappa shape index (κ3) is 4.06. The fourth-order valence-electron chi connectivity index (χ4n) is 3.41. The van der Waals surface area contributed by atoms with Crippen molar-refractivity contribution in [3.8, 4) is 0 Å². The van der Waals surface area contributed by atoms with Gasteiger partial charge in [-0.15, -0.1) is 5.10 Å². The van der Waals surface area contributed by atoms with Gasteiger partial charge in [0.1, 0.15) is 6.04 Å². The van der Waals surface area contributed by atoms with E-state index in [1.165, 1.54) is 6.42 Å². The van der Waals surface area contributed by atoms with Crippen molar-refractivity contribution in [3.63, 3.8) is 0 Å². The van der Waals surface area contributed by atoms with Crippen molar-refractivity contribution < 1.29 is 9.21 Å². The van der Waals surface area contributed by atoms with E-state index in [4.69, 9.17) is 4.42 Å². The van der Waals surface area contributed by atoms with Gasteiger partial charge in [0.05, 0.1) is 0 Å². The molecular formula is C22H24N4O2. The maximum atomic E-state index is 12.8. The fraction of sp³-hybridized carbons (Fsp3) is 0.318. The summed E-state index contributed by atoms with van der Waals surface area (Å²) in [6, 6.07) is 17.2. The number of benzene rings is 2. The molecule has 0 spiro atoms.